The molecular formula is C17H19ClO3. The fraction of sp³-hybridized carbons (Fsp3) is 0.471. The van der Waals surface area contributed by atoms with Crippen molar-refractivity contribution in [2.45, 2.75) is 51.6 Å². The SMILES string of the molecule is Cc1cc(C)c(C2=C(O)C3(CCCCC3)OC2=O)c(Cl)c1. The molecule has 1 N–H and O–H groups in total. The molecule has 0 bridgehead atoms. The van der Waals surface area contributed by atoms with Crippen molar-refractivity contribution in [3.05, 3.63) is 39.6 Å². The highest BCUT2D eigenvalue weighted by Gasteiger charge is 2.49. The van der Waals surface area contributed by atoms with E-state index in [1.807, 2.05) is 26.0 Å². The van der Waals surface area contributed by atoms with Crippen molar-refractivity contribution in [2.24, 2.45) is 0 Å². The van der Waals surface area contributed by atoms with Crippen molar-refractivity contribution in [1.29, 1.82) is 0 Å². The molecule has 0 atom stereocenters. The van der Waals surface area contributed by atoms with Gasteiger partial charge in [0.15, 0.2) is 11.4 Å². The lowest BCUT2D eigenvalue weighted by Gasteiger charge is -2.31. The van der Waals surface area contributed by atoms with E-state index < -0.39 is 11.6 Å². The molecule has 0 radical (unpaired) electrons. The Balaban J connectivity index is 2.15. The zero-order chi connectivity index (χ0) is 15.2. The van der Waals surface area contributed by atoms with Gasteiger partial charge in [-0.05, 0) is 56.7 Å². The largest absolute Gasteiger partial charge is 0.507 e. The first-order valence-electron chi connectivity index (χ1n) is 7.39. The third-order valence-electron chi connectivity index (χ3n) is 4.50. The van der Waals surface area contributed by atoms with Crippen LogP contribution in [0, 0.1) is 13.8 Å². The summed E-state index contributed by atoms with van der Waals surface area (Å²) in [6, 6.07) is 3.77. The zero-order valence-corrected chi connectivity index (χ0v) is 13.1. The number of halogens is 1. The van der Waals surface area contributed by atoms with E-state index in [9.17, 15) is 9.90 Å². The number of aliphatic hydroxyl groups excluding tert-OH is 1. The second kappa shape index (κ2) is 5.06. The molecule has 2 aliphatic rings. The fourth-order valence-corrected chi connectivity index (χ4v) is 3.93. The minimum Gasteiger partial charge on any atom is -0.507 e. The molecule has 3 nitrogen and oxygen atoms in total. The maximum Gasteiger partial charge on any atom is 0.343 e. The van der Waals surface area contributed by atoms with Crippen molar-refractivity contribution in [2.75, 3.05) is 0 Å². The number of hydrogen-bond acceptors (Lipinski definition) is 3. The van der Waals surface area contributed by atoms with Gasteiger partial charge in [-0.25, -0.2) is 4.79 Å². The van der Waals surface area contributed by atoms with Crippen LogP contribution >= 0.6 is 11.6 Å². The quantitative estimate of drug-likeness (QED) is 0.778. The number of carbonyl (C=O) groups excluding carboxylic acids is 1. The van der Waals surface area contributed by atoms with E-state index in [1.165, 1.54) is 0 Å². The lowest BCUT2D eigenvalue weighted by atomic mass is 9.82. The summed E-state index contributed by atoms with van der Waals surface area (Å²) in [7, 11) is 0. The standard InChI is InChI=1S/C17H19ClO3/c1-10-8-11(2)13(12(18)9-10)14-15(19)17(21-16(14)20)6-4-3-5-7-17/h8-9,19H,3-7H2,1-2H3. The van der Waals surface area contributed by atoms with Crippen molar-refractivity contribution in [3.63, 3.8) is 0 Å². The summed E-state index contributed by atoms with van der Waals surface area (Å²) >= 11 is 6.32. The van der Waals surface area contributed by atoms with E-state index in [2.05, 4.69) is 0 Å². The van der Waals surface area contributed by atoms with E-state index >= 15 is 0 Å². The Kier molecular flexibility index (Phi) is 3.48. The van der Waals surface area contributed by atoms with Crippen LogP contribution in [0.2, 0.25) is 5.02 Å². The predicted molar refractivity (Wildman–Crippen MR) is 82.4 cm³/mol. The molecule has 0 saturated heterocycles. The minimum absolute atomic E-state index is 0.0704. The average Bonchev–Trinajstić information content (AvgIpc) is 2.63. The second-order valence-electron chi connectivity index (χ2n) is 6.11. The van der Waals surface area contributed by atoms with Crippen molar-refractivity contribution >= 4 is 23.1 Å². The topological polar surface area (TPSA) is 46.5 Å². The number of ether oxygens (including phenoxy) is 1. The molecule has 21 heavy (non-hydrogen) atoms. The maximum absolute atomic E-state index is 12.3. The number of benzene rings is 1. The number of aliphatic hydroxyl groups is 1. The van der Waals surface area contributed by atoms with Crippen LogP contribution < -0.4 is 0 Å². The first-order chi connectivity index (χ1) is 9.94. The van der Waals surface area contributed by atoms with Gasteiger partial charge in [0.05, 0.1) is 0 Å². The van der Waals surface area contributed by atoms with E-state index in [0.717, 1.165) is 30.4 Å². The summed E-state index contributed by atoms with van der Waals surface area (Å²) in [5.74, 6) is -0.385. The molecule has 1 aromatic carbocycles. The fourth-order valence-electron chi connectivity index (χ4n) is 3.52. The van der Waals surface area contributed by atoms with E-state index in [-0.39, 0.29) is 11.3 Å². The summed E-state index contributed by atoms with van der Waals surface area (Å²) in [5.41, 5.74) is 1.95. The van der Waals surface area contributed by atoms with Crippen LogP contribution in [0.1, 0.15) is 48.8 Å². The molecule has 1 fully saturated rings. The van der Waals surface area contributed by atoms with Gasteiger partial charge in [-0.1, -0.05) is 24.1 Å². The molecule has 1 heterocycles. The number of hydrogen-bond donors (Lipinski definition) is 1. The maximum atomic E-state index is 12.3. The normalized spacial score (nSPS) is 21.0. The van der Waals surface area contributed by atoms with E-state index in [0.29, 0.717) is 23.4 Å². The monoisotopic (exact) mass is 306 g/mol. The third-order valence-corrected chi connectivity index (χ3v) is 4.80. The first-order valence-corrected chi connectivity index (χ1v) is 7.76. The van der Waals surface area contributed by atoms with Crippen LogP contribution in [0.3, 0.4) is 0 Å². The highest BCUT2D eigenvalue weighted by molar-refractivity contribution is 6.35. The van der Waals surface area contributed by atoms with Crippen molar-refractivity contribution in [1.82, 2.24) is 0 Å². The molecule has 0 aromatic heterocycles. The Labute approximate surface area is 129 Å². The lowest BCUT2D eigenvalue weighted by Crippen LogP contribution is -2.34. The van der Waals surface area contributed by atoms with Gasteiger partial charge < -0.3 is 9.84 Å². The van der Waals surface area contributed by atoms with Gasteiger partial charge in [0, 0.05) is 10.6 Å². The molecule has 1 aliphatic carbocycles. The van der Waals surface area contributed by atoms with Crippen LogP contribution in [0.4, 0.5) is 0 Å². The molecule has 1 aliphatic heterocycles. The average molecular weight is 307 g/mol. The Hall–Kier alpha value is -1.48. The minimum atomic E-state index is -0.814. The summed E-state index contributed by atoms with van der Waals surface area (Å²) in [5, 5.41) is 11.2. The van der Waals surface area contributed by atoms with Crippen molar-refractivity contribution in [3.8, 4) is 0 Å². The molecule has 1 spiro atoms. The first kappa shape index (κ1) is 14.5. The van der Waals surface area contributed by atoms with E-state index in [4.69, 9.17) is 16.3 Å². The Morgan fingerprint density at radius 2 is 1.86 bits per heavy atom. The van der Waals surface area contributed by atoms with Crippen LogP contribution in [-0.2, 0) is 9.53 Å². The highest BCUT2D eigenvalue weighted by Crippen LogP contribution is 2.46. The van der Waals surface area contributed by atoms with Gasteiger partial charge in [-0.15, -0.1) is 0 Å². The summed E-state index contributed by atoms with van der Waals surface area (Å²) < 4.78 is 5.59. The smallest absolute Gasteiger partial charge is 0.343 e. The number of rotatable bonds is 1. The van der Waals surface area contributed by atoms with Gasteiger partial charge in [-0.2, -0.15) is 0 Å². The van der Waals surface area contributed by atoms with Gasteiger partial charge in [-0.3, -0.25) is 0 Å². The predicted octanol–water partition coefficient (Wildman–Crippen LogP) is 4.49. The summed E-state index contributed by atoms with van der Waals surface area (Å²) in [6.07, 6.45) is 4.43. The summed E-state index contributed by atoms with van der Waals surface area (Å²) in [4.78, 5) is 12.3. The van der Waals surface area contributed by atoms with Crippen molar-refractivity contribution < 1.29 is 14.6 Å². The Bertz CT molecular complexity index is 616. The third kappa shape index (κ3) is 2.24. The molecule has 1 aromatic rings. The lowest BCUT2D eigenvalue weighted by molar-refractivity contribution is -0.149. The molecule has 4 heteroatoms. The summed E-state index contributed by atoms with van der Waals surface area (Å²) in [6.45, 7) is 3.85. The van der Waals surface area contributed by atoms with Crippen LogP contribution in [-0.4, -0.2) is 16.7 Å². The molecule has 0 amide bonds. The Morgan fingerprint density at radius 1 is 1.19 bits per heavy atom. The number of esters is 1. The van der Waals surface area contributed by atoms with Gasteiger partial charge in [0.1, 0.15) is 5.57 Å². The van der Waals surface area contributed by atoms with Crippen LogP contribution in [0.5, 0.6) is 0 Å². The Morgan fingerprint density at radius 3 is 2.48 bits per heavy atom. The zero-order valence-electron chi connectivity index (χ0n) is 12.3. The van der Waals surface area contributed by atoms with E-state index in [1.54, 1.807) is 0 Å². The number of aryl methyl sites for hydroxylation is 2. The highest BCUT2D eigenvalue weighted by atomic mass is 35.5. The second-order valence-corrected chi connectivity index (χ2v) is 6.51. The molecule has 112 valence electrons. The molecular weight excluding hydrogens is 288 g/mol. The molecule has 3 rings (SSSR count). The van der Waals surface area contributed by atoms with Crippen LogP contribution in [0.25, 0.3) is 5.57 Å². The van der Waals surface area contributed by atoms with Gasteiger partial charge >= 0.3 is 5.97 Å². The van der Waals surface area contributed by atoms with Gasteiger partial charge in [0.2, 0.25) is 0 Å². The van der Waals surface area contributed by atoms with Gasteiger partial charge in [0.25, 0.3) is 0 Å². The number of carbonyl (C=O) groups is 1. The molecule has 1 saturated carbocycles. The van der Waals surface area contributed by atoms with Crippen LogP contribution in [0.15, 0.2) is 17.9 Å². The molecule has 0 unspecified atom stereocenters.